The van der Waals surface area contributed by atoms with Crippen LogP contribution in [-0.2, 0) is 11.3 Å². The van der Waals surface area contributed by atoms with Crippen LogP contribution in [0.15, 0.2) is 83.9 Å². The van der Waals surface area contributed by atoms with E-state index in [0.29, 0.717) is 28.5 Å². The minimum Gasteiger partial charge on any atom is -0.493 e. The first-order valence-electron chi connectivity index (χ1n) is 11.4. The Morgan fingerprint density at radius 3 is 2.47 bits per heavy atom. The van der Waals surface area contributed by atoms with Gasteiger partial charge in [0, 0.05) is 28.2 Å². The smallest absolute Gasteiger partial charge is 0.293 e. The van der Waals surface area contributed by atoms with Gasteiger partial charge in [0.1, 0.15) is 12.4 Å². The van der Waals surface area contributed by atoms with E-state index < -0.39 is 0 Å². The lowest BCUT2D eigenvalue weighted by Crippen LogP contribution is -2.32. The van der Waals surface area contributed by atoms with Gasteiger partial charge in [-0.1, -0.05) is 48.5 Å². The van der Waals surface area contributed by atoms with Gasteiger partial charge < -0.3 is 14.0 Å². The zero-order valence-corrected chi connectivity index (χ0v) is 20.3. The molecule has 0 aliphatic carbocycles. The number of rotatable bonds is 8. The summed E-state index contributed by atoms with van der Waals surface area (Å²) >= 11 is 0.904. The number of hydrogen-bond donors (Lipinski definition) is 0. The van der Waals surface area contributed by atoms with Crippen molar-refractivity contribution in [3.63, 3.8) is 0 Å². The highest BCUT2D eigenvalue weighted by atomic mass is 32.2. The number of amides is 2. The van der Waals surface area contributed by atoms with Crippen molar-refractivity contribution in [1.29, 1.82) is 0 Å². The molecule has 2 heterocycles. The Labute approximate surface area is 211 Å². The van der Waals surface area contributed by atoms with E-state index in [-0.39, 0.29) is 30.1 Å². The number of fused-ring (bicyclic) bond motifs is 1. The molecule has 1 fully saturated rings. The van der Waals surface area contributed by atoms with Gasteiger partial charge in [0.05, 0.1) is 25.1 Å². The lowest BCUT2D eigenvalue weighted by atomic mass is 10.1. The number of carbonyl (C=O) groups is 2. The number of imide groups is 1. The van der Waals surface area contributed by atoms with Crippen LogP contribution in [-0.4, -0.2) is 40.9 Å². The minimum absolute atomic E-state index is 0.120. The van der Waals surface area contributed by atoms with Crippen LogP contribution in [0.1, 0.15) is 11.1 Å². The molecule has 8 heteroatoms. The topological polar surface area (TPSA) is 60.8 Å². The van der Waals surface area contributed by atoms with Crippen molar-refractivity contribution in [3.8, 4) is 11.5 Å². The Morgan fingerprint density at radius 2 is 1.67 bits per heavy atom. The van der Waals surface area contributed by atoms with Gasteiger partial charge in [0.25, 0.3) is 11.1 Å². The lowest BCUT2D eigenvalue weighted by Gasteiger charge is -2.14. The summed E-state index contributed by atoms with van der Waals surface area (Å²) in [5.41, 5.74) is 2.27. The number of para-hydroxylation sites is 3. The first kappa shape index (κ1) is 23.7. The highest BCUT2D eigenvalue weighted by Crippen LogP contribution is 2.34. The van der Waals surface area contributed by atoms with Crippen molar-refractivity contribution < 1.29 is 23.5 Å². The third-order valence-corrected chi connectivity index (χ3v) is 6.83. The molecule has 0 N–H and O–H groups in total. The van der Waals surface area contributed by atoms with Gasteiger partial charge in [-0.15, -0.1) is 0 Å². The molecule has 2 amide bonds. The first-order valence-corrected chi connectivity index (χ1v) is 12.2. The second-order valence-electron chi connectivity index (χ2n) is 8.15. The average molecular weight is 503 g/mol. The molecule has 1 aromatic heterocycles. The summed E-state index contributed by atoms with van der Waals surface area (Å²) in [6, 6.07) is 21.6. The largest absolute Gasteiger partial charge is 0.493 e. The van der Waals surface area contributed by atoms with Crippen molar-refractivity contribution in [1.82, 2.24) is 9.47 Å². The minimum atomic E-state index is -0.362. The van der Waals surface area contributed by atoms with E-state index in [0.717, 1.165) is 28.2 Å². The molecule has 1 aliphatic rings. The zero-order valence-electron chi connectivity index (χ0n) is 19.5. The van der Waals surface area contributed by atoms with Crippen LogP contribution in [0.2, 0.25) is 0 Å². The fourth-order valence-electron chi connectivity index (χ4n) is 4.15. The summed E-state index contributed by atoms with van der Waals surface area (Å²) in [7, 11) is 1.55. The van der Waals surface area contributed by atoms with Gasteiger partial charge in [0.15, 0.2) is 11.5 Å². The standard InChI is InChI=1S/C28H23FN2O4S/c1-34-24-12-6-7-13-25(24)35-15-14-31-27(32)26(36-28(31)33)16-20-18-30(23-11-5-3-9-21(20)23)17-19-8-2-4-10-22(19)29/h2-13,16,18H,14-15,17H2,1H3/b26-16-. The van der Waals surface area contributed by atoms with Gasteiger partial charge in [-0.25, -0.2) is 4.39 Å². The molecule has 0 saturated carbocycles. The summed E-state index contributed by atoms with van der Waals surface area (Å²) in [5.74, 6) is 0.497. The fraction of sp³-hybridized carbons (Fsp3) is 0.143. The normalized spacial score (nSPS) is 14.7. The Kier molecular flexibility index (Phi) is 6.77. The van der Waals surface area contributed by atoms with E-state index in [9.17, 15) is 14.0 Å². The molecular formula is C28H23FN2O4S. The number of halogens is 1. The number of methoxy groups -OCH3 is 1. The maximum atomic E-state index is 14.3. The molecule has 6 nitrogen and oxygen atoms in total. The molecule has 182 valence electrons. The molecule has 1 aliphatic heterocycles. The molecule has 0 unspecified atom stereocenters. The van der Waals surface area contributed by atoms with E-state index in [1.807, 2.05) is 47.2 Å². The molecule has 3 aromatic carbocycles. The number of hydrogen-bond acceptors (Lipinski definition) is 5. The Morgan fingerprint density at radius 1 is 0.944 bits per heavy atom. The van der Waals surface area contributed by atoms with Crippen molar-refractivity contribution >= 4 is 39.9 Å². The fourth-order valence-corrected chi connectivity index (χ4v) is 5.01. The quantitative estimate of drug-likeness (QED) is 0.279. The van der Waals surface area contributed by atoms with E-state index in [1.165, 1.54) is 11.0 Å². The van der Waals surface area contributed by atoms with Crippen LogP contribution in [0.5, 0.6) is 11.5 Å². The van der Waals surface area contributed by atoms with Crippen LogP contribution in [0, 0.1) is 5.82 Å². The molecule has 0 atom stereocenters. The van der Waals surface area contributed by atoms with Crippen molar-refractivity contribution in [3.05, 3.63) is 101 Å². The molecule has 0 spiro atoms. The number of carbonyl (C=O) groups excluding carboxylic acids is 2. The lowest BCUT2D eigenvalue weighted by molar-refractivity contribution is -0.123. The molecule has 1 saturated heterocycles. The summed E-state index contributed by atoms with van der Waals surface area (Å²) < 4.78 is 27.2. The van der Waals surface area contributed by atoms with Gasteiger partial charge >= 0.3 is 0 Å². The number of benzene rings is 3. The molecule has 5 rings (SSSR count). The van der Waals surface area contributed by atoms with Crippen molar-refractivity contribution in [2.24, 2.45) is 0 Å². The van der Waals surface area contributed by atoms with Crippen molar-refractivity contribution in [2.75, 3.05) is 20.3 Å². The SMILES string of the molecule is COc1ccccc1OCCN1C(=O)S/C(=C\c2cn(Cc3ccccc3F)c3ccccc23)C1=O. The van der Waals surface area contributed by atoms with E-state index >= 15 is 0 Å². The predicted molar refractivity (Wildman–Crippen MR) is 139 cm³/mol. The maximum absolute atomic E-state index is 14.3. The third kappa shape index (κ3) is 4.72. The van der Waals surface area contributed by atoms with Gasteiger partial charge in [0.2, 0.25) is 0 Å². The summed E-state index contributed by atoms with van der Waals surface area (Å²) in [6.45, 7) is 0.617. The summed E-state index contributed by atoms with van der Waals surface area (Å²) in [6.07, 6.45) is 3.61. The van der Waals surface area contributed by atoms with E-state index in [1.54, 1.807) is 43.5 Å². The summed E-state index contributed by atoms with van der Waals surface area (Å²) in [4.78, 5) is 27.2. The van der Waals surface area contributed by atoms with Gasteiger partial charge in [-0.3, -0.25) is 14.5 Å². The Bertz CT molecular complexity index is 1480. The number of thioether (sulfide) groups is 1. The molecule has 36 heavy (non-hydrogen) atoms. The van der Waals surface area contributed by atoms with Crippen LogP contribution < -0.4 is 9.47 Å². The monoisotopic (exact) mass is 502 g/mol. The molecular weight excluding hydrogens is 479 g/mol. The predicted octanol–water partition coefficient (Wildman–Crippen LogP) is 5.95. The molecule has 4 aromatic rings. The first-order chi connectivity index (χ1) is 17.5. The van der Waals surface area contributed by atoms with Crippen molar-refractivity contribution in [2.45, 2.75) is 6.54 Å². The highest BCUT2D eigenvalue weighted by Gasteiger charge is 2.35. The zero-order chi connectivity index (χ0) is 25.1. The summed E-state index contributed by atoms with van der Waals surface area (Å²) in [5, 5.41) is 0.574. The van der Waals surface area contributed by atoms with Crippen LogP contribution in [0.4, 0.5) is 9.18 Å². The maximum Gasteiger partial charge on any atom is 0.293 e. The van der Waals surface area contributed by atoms with Gasteiger partial charge in [-0.05, 0) is 42.1 Å². The number of aromatic nitrogens is 1. The third-order valence-electron chi connectivity index (χ3n) is 5.92. The second kappa shape index (κ2) is 10.3. The average Bonchev–Trinajstić information content (AvgIpc) is 3.37. The van der Waals surface area contributed by atoms with Crippen LogP contribution in [0.25, 0.3) is 17.0 Å². The van der Waals surface area contributed by atoms with E-state index in [4.69, 9.17) is 9.47 Å². The Balaban J connectivity index is 1.35. The van der Waals surface area contributed by atoms with Crippen LogP contribution in [0.3, 0.4) is 0 Å². The number of ether oxygens (including phenoxy) is 2. The highest BCUT2D eigenvalue weighted by molar-refractivity contribution is 8.18. The number of nitrogens with zero attached hydrogens (tertiary/aromatic N) is 2. The second-order valence-corrected chi connectivity index (χ2v) is 9.15. The van der Waals surface area contributed by atoms with E-state index in [2.05, 4.69) is 0 Å². The molecule has 0 radical (unpaired) electrons. The van der Waals surface area contributed by atoms with Gasteiger partial charge in [-0.2, -0.15) is 0 Å². The Hall–Kier alpha value is -4.04. The molecule has 0 bridgehead atoms. The van der Waals surface area contributed by atoms with Crippen LogP contribution >= 0.6 is 11.8 Å².